The van der Waals surface area contributed by atoms with Gasteiger partial charge in [-0.05, 0) is 13.3 Å². The molecule has 0 aromatic heterocycles. The molecule has 5 nitrogen and oxygen atoms in total. The molecule has 1 fully saturated rings. The Hall–Kier alpha value is -0.650. The van der Waals surface area contributed by atoms with Crippen molar-refractivity contribution >= 4 is 5.91 Å². The molecule has 1 amide bonds. The first-order valence-corrected chi connectivity index (χ1v) is 5.87. The Kier molecular flexibility index (Phi) is 4.70. The third kappa shape index (κ3) is 3.17. The van der Waals surface area contributed by atoms with Crippen molar-refractivity contribution in [1.29, 1.82) is 0 Å². The first kappa shape index (κ1) is 13.4. The van der Waals surface area contributed by atoms with Crippen molar-refractivity contribution in [3.63, 3.8) is 0 Å². The Bertz CT molecular complexity index is 247. The molecule has 2 unspecified atom stereocenters. The van der Waals surface area contributed by atoms with Gasteiger partial charge in [0.15, 0.2) is 0 Å². The average Bonchev–Trinajstić information content (AvgIpc) is 2.57. The number of hydrogen-bond donors (Lipinski definition) is 3. The van der Waals surface area contributed by atoms with Crippen LogP contribution in [0.3, 0.4) is 0 Å². The van der Waals surface area contributed by atoms with Gasteiger partial charge >= 0.3 is 0 Å². The fourth-order valence-corrected chi connectivity index (χ4v) is 1.82. The third-order valence-electron chi connectivity index (χ3n) is 3.16. The average molecular weight is 230 g/mol. The molecule has 1 saturated heterocycles. The summed E-state index contributed by atoms with van der Waals surface area (Å²) in [6.45, 7) is 4.54. The molecule has 0 bridgehead atoms. The number of ether oxygens (including phenoxy) is 1. The molecule has 0 spiro atoms. The number of rotatable bonds is 5. The fourth-order valence-electron chi connectivity index (χ4n) is 1.82. The maximum atomic E-state index is 11.6. The van der Waals surface area contributed by atoms with Crippen molar-refractivity contribution in [2.45, 2.75) is 50.9 Å². The number of hydrogen-bond acceptors (Lipinski definition) is 4. The van der Waals surface area contributed by atoms with Crippen LogP contribution in [-0.4, -0.2) is 41.9 Å². The van der Waals surface area contributed by atoms with E-state index < -0.39 is 11.6 Å². The zero-order valence-corrected chi connectivity index (χ0v) is 10.0. The SMILES string of the molecule is CCC[C@H](N)C(=O)NCC1(O)CCOC1C. The summed E-state index contributed by atoms with van der Waals surface area (Å²) in [4.78, 5) is 11.6. The van der Waals surface area contributed by atoms with Crippen LogP contribution in [0.25, 0.3) is 0 Å². The highest BCUT2D eigenvalue weighted by atomic mass is 16.5. The van der Waals surface area contributed by atoms with E-state index >= 15 is 0 Å². The second-order valence-electron chi connectivity index (χ2n) is 4.48. The quantitative estimate of drug-likeness (QED) is 0.609. The van der Waals surface area contributed by atoms with Crippen LogP contribution in [0.5, 0.6) is 0 Å². The highest BCUT2D eigenvalue weighted by Gasteiger charge is 2.39. The van der Waals surface area contributed by atoms with Crippen molar-refractivity contribution in [3.05, 3.63) is 0 Å². The van der Waals surface area contributed by atoms with Crippen molar-refractivity contribution in [1.82, 2.24) is 5.32 Å². The van der Waals surface area contributed by atoms with E-state index in [9.17, 15) is 9.90 Å². The molecule has 16 heavy (non-hydrogen) atoms. The van der Waals surface area contributed by atoms with Crippen LogP contribution in [0, 0.1) is 0 Å². The molecule has 5 heteroatoms. The molecule has 1 aliphatic heterocycles. The molecule has 0 saturated carbocycles. The highest BCUT2D eigenvalue weighted by molar-refractivity contribution is 5.81. The van der Waals surface area contributed by atoms with E-state index in [0.29, 0.717) is 19.4 Å². The van der Waals surface area contributed by atoms with Crippen molar-refractivity contribution in [2.75, 3.05) is 13.2 Å². The van der Waals surface area contributed by atoms with Crippen LogP contribution >= 0.6 is 0 Å². The summed E-state index contributed by atoms with van der Waals surface area (Å²) in [7, 11) is 0. The van der Waals surface area contributed by atoms with E-state index in [0.717, 1.165) is 6.42 Å². The normalized spacial score (nSPS) is 31.4. The Morgan fingerprint density at radius 3 is 2.94 bits per heavy atom. The Morgan fingerprint density at radius 2 is 2.44 bits per heavy atom. The first-order valence-electron chi connectivity index (χ1n) is 5.87. The van der Waals surface area contributed by atoms with Gasteiger partial charge in [-0.1, -0.05) is 13.3 Å². The number of aliphatic hydroxyl groups is 1. The van der Waals surface area contributed by atoms with Gasteiger partial charge in [0.2, 0.25) is 5.91 Å². The molecule has 1 heterocycles. The van der Waals surface area contributed by atoms with Crippen LogP contribution in [-0.2, 0) is 9.53 Å². The molecule has 4 N–H and O–H groups in total. The van der Waals surface area contributed by atoms with Crippen LogP contribution < -0.4 is 11.1 Å². The molecular weight excluding hydrogens is 208 g/mol. The number of amides is 1. The predicted molar refractivity (Wildman–Crippen MR) is 60.9 cm³/mol. The predicted octanol–water partition coefficient (Wildman–Crippen LogP) is -0.230. The van der Waals surface area contributed by atoms with Crippen LogP contribution in [0.15, 0.2) is 0 Å². The maximum Gasteiger partial charge on any atom is 0.237 e. The fraction of sp³-hybridized carbons (Fsp3) is 0.909. The van der Waals surface area contributed by atoms with E-state index in [-0.39, 0.29) is 18.6 Å². The summed E-state index contributed by atoms with van der Waals surface area (Å²) in [6, 6.07) is -0.480. The van der Waals surface area contributed by atoms with Crippen molar-refractivity contribution in [2.24, 2.45) is 5.73 Å². The van der Waals surface area contributed by atoms with Gasteiger partial charge in [-0.25, -0.2) is 0 Å². The van der Waals surface area contributed by atoms with Gasteiger partial charge in [0.05, 0.1) is 12.1 Å². The minimum Gasteiger partial charge on any atom is -0.385 e. The number of carbonyl (C=O) groups is 1. The lowest BCUT2D eigenvalue weighted by Crippen LogP contribution is -2.51. The van der Waals surface area contributed by atoms with Crippen LogP contribution in [0.1, 0.15) is 33.1 Å². The van der Waals surface area contributed by atoms with Gasteiger partial charge in [0, 0.05) is 19.6 Å². The van der Waals surface area contributed by atoms with Gasteiger partial charge in [0.25, 0.3) is 0 Å². The topological polar surface area (TPSA) is 84.6 Å². The number of nitrogens with two attached hydrogens (primary N) is 1. The van der Waals surface area contributed by atoms with E-state index in [2.05, 4.69) is 5.32 Å². The van der Waals surface area contributed by atoms with Crippen molar-refractivity contribution < 1.29 is 14.6 Å². The smallest absolute Gasteiger partial charge is 0.237 e. The van der Waals surface area contributed by atoms with E-state index in [4.69, 9.17) is 10.5 Å². The number of carbonyl (C=O) groups excluding carboxylic acids is 1. The molecule has 3 atom stereocenters. The summed E-state index contributed by atoms with van der Waals surface area (Å²) in [5.74, 6) is -0.200. The second kappa shape index (κ2) is 5.61. The molecule has 1 aliphatic rings. The zero-order valence-electron chi connectivity index (χ0n) is 10.0. The van der Waals surface area contributed by atoms with E-state index in [1.807, 2.05) is 13.8 Å². The monoisotopic (exact) mass is 230 g/mol. The summed E-state index contributed by atoms with van der Waals surface area (Å²) < 4.78 is 5.28. The largest absolute Gasteiger partial charge is 0.385 e. The Morgan fingerprint density at radius 1 is 1.75 bits per heavy atom. The standard InChI is InChI=1S/C11H22N2O3/c1-3-4-9(12)10(14)13-7-11(15)5-6-16-8(11)2/h8-9,15H,3-7,12H2,1-2H3,(H,13,14)/t8?,9-,11?/m0/s1. The van der Waals surface area contributed by atoms with Gasteiger partial charge < -0.3 is 20.9 Å². The van der Waals surface area contributed by atoms with Gasteiger partial charge in [-0.3, -0.25) is 4.79 Å². The summed E-state index contributed by atoms with van der Waals surface area (Å²) in [5.41, 5.74) is 4.72. The summed E-state index contributed by atoms with van der Waals surface area (Å²) >= 11 is 0. The minimum absolute atomic E-state index is 0.200. The number of nitrogens with one attached hydrogen (secondary N) is 1. The van der Waals surface area contributed by atoms with Crippen LogP contribution in [0.2, 0.25) is 0 Å². The molecule has 0 aromatic carbocycles. The lowest BCUT2D eigenvalue weighted by Gasteiger charge is -2.26. The third-order valence-corrected chi connectivity index (χ3v) is 3.16. The van der Waals surface area contributed by atoms with E-state index in [1.54, 1.807) is 0 Å². The minimum atomic E-state index is -0.943. The lowest BCUT2D eigenvalue weighted by molar-refractivity contribution is -0.124. The summed E-state index contributed by atoms with van der Waals surface area (Å²) in [6.07, 6.45) is 1.85. The molecule has 0 radical (unpaired) electrons. The Balaban J connectivity index is 2.36. The molecule has 94 valence electrons. The Labute approximate surface area is 96.3 Å². The maximum absolute atomic E-state index is 11.6. The highest BCUT2D eigenvalue weighted by Crippen LogP contribution is 2.24. The lowest BCUT2D eigenvalue weighted by atomic mass is 9.96. The molecule has 0 aliphatic carbocycles. The van der Waals surface area contributed by atoms with Crippen molar-refractivity contribution in [3.8, 4) is 0 Å². The zero-order chi connectivity index (χ0) is 12.2. The van der Waals surface area contributed by atoms with Gasteiger partial charge in [-0.2, -0.15) is 0 Å². The van der Waals surface area contributed by atoms with E-state index in [1.165, 1.54) is 0 Å². The molecular formula is C11H22N2O3. The van der Waals surface area contributed by atoms with Gasteiger partial charge in [0.1, 0.15) is 5.60 Å². The van der Waals surface area contributed by atoms with Gasteiger partial charge in [-0.15, -0.1) is 0 Å². The first-order chi connectivity index (χ1) is 7.49. The molecule has 1 rings (SSSR count). The summed E-state index contributed by atoms with van der Waals surface area (Å²) in [5, 5.41) is 12.8. The second-order valence-corrected chi connectivity index (χ2v) is 4.48. The van der Waals surface area contributed by atoms with Crippen LogP contribution in [0.4, 0.5) is 0 Å². The molecule has 0 aromatic rings.